The molecule has 0 heterocycles. The summed E-state index contributed by atoms with van der Waals surface area (Å²) in [6, 6.07) is 11.5. The number of halogens is 2. The van der Waals surface area contributed by atoms with Crippen LogP contribution in [0, 0.1) is 11.3 Å². The quantitative estimate of drug-likeness (QED) is 0.444. The summed E-state index contributed by atoms with van der Waals surface area (Å²) in [6.45, 7) is 0. The molecule has 76 valence electrons. The molecule has 1 aromatic rings. The summed E-state index contributed by atoms with van der Waals surface area (Å²) in [7, 11) is 0. The van der Waals surface area contributed by atoms with Crippen LogP contribution in [0.1, 0.15) is 5.56 Å². The van der Waals surface area contributed by atoms with E-state index in [0.717, 1.165) is 5.56 Å². The van der Waals surface area contributed by atoms with Crippen LogP contribution in [-0.2, 0) is 0 Å². The zero-order chi connectivity index (χ0) is 11.1. The van der Waals surface area contributed by atoms with Crippen molar-refractivity contribution in [3.05, 3.63) is 53.6 Å². The molecule has 0 aliphatic carbocycles. The van der Waals surface area contributed by atoms with E-state index >= 15 is 0 Å². The summed E-state index contributed by atoms with van der Waals surface area (Å²) < 4.78 is 0. The molecule has 0 bridgehead atoms. The number of hydrogen-bond donors (Lipinski definition) is 0. The smallest absolute Gasteiger partial charge is 0.0959 e. The van der Waals surface area contributed by atoms with Gasteiger partial charge in [-0.05, 0) is 17.7 Å². The summed E-state index contributed by atoms with van der Waals surface area (Å²) in [5, 5.41) is 9.23. The summed E-state index contributed by atoms with van der Waals surface area (Å²) in [6.07, 6.45) is 3.31. The minimum absolute atomic E-state index is 0.200. The zero-order valence-electron chi connectivity index (χ0n) is 7.95. The van der Waals surface area contributed by atoms with Crippen molar-refractivity contribution >= 4 is 28.2 Å². The third-order valence-electron chi connectivity index (χ3n) is 1.77. The fourth-order valence-corrected chi connectivity index (χ4v) is 1.32. The van der Waals surface area contributed by atoms with Crippen LogP contribution < -0.4 is 0 Å². The van der Waals surface area contributed by atoms with Gasteiger partial charge in [0, 0.05) is 10.6 Å². The van der Waals surface area contributed by atoms with Gasteiger partial charge < -0.3 is 0 Å². The van der Waals surface area contributed by atoms with Crippen LogP contribution in [0.4, 0.5) is 0 Å². The first kappa shape index (κ1) is 11.8. The Hall–Kier alpha value is -1.23. The molecule has 0 fully saturated rings. The third-order valence-corrected chi connectivity index (χ3v) is 2.40. The Balaban J connectivity index is 2.87. The monoisotopic (exact) mass is 237 g/mol. The maximum Gasteiger partial charge on any atom is 0.0959 e. The lowest BCUT2D eigenvalue weighted by molar-refractivity contribution is 1.45. The number of allylic oxidation sites excluding steroid dienone is 3. The van der Waals surface area contributed by atoms with Crippen molar-refractivity contribution in [1.29, 1.82) is 5.26 Å². The van der Waals surface area contributed by atoms with E-state index in [1.54, 1.807) is 12.2 Å². The van der Waals surface area contributed by atoms with Gasteiger partial charge in [0.05, 0.1) is 11.9 Å². The van der Waals surface area contributed by atoms with E-state index < -0.39 is 0 Å². The van der Waals surface area contributed by atoms with Crippen LogP contribution >= 0.6 is 23.2 Å². The van der Waals surface area contributed by atoms with Crippen molar-refractivity contribution < 1.29 is 0 Å². The summed E-state index contributed by atoms with van der Waals surface area (Å²) in [4.78, 5) is 0. The maximum atomic E-state index is 8.63. The molecule has 0 amide bonds. The molecule has 0 aliphatic rings. The number of nitrogens with zero attached hydrogens (tertiary/aromatic N) is 1. The largest absolute Gasteiger partial charge is 0.193 e. The van der Waals surface area contributed by atoms with Gasteiger partial charge in [-0.15, -0.1) is 11.6 Å². The van der Waals surface area contributed by atoms with Gasteiger partial charge in [-0.3, -0.25) is 0 Å². The average molecular weight is 238 g/mol. The second kappa shape index (κ2) is 6.29. The molecule has 0 saturated carbocycles. The number of benzene rings is 1. The van der Waals surface area contributed by atoms with Crippen LogP contribution in [-0.4, -0.2) is 5.88 Å². The zero-order valence-corrected chi connectivity index (χ0v) is 9.46. The highest BCUT2D eigenvalue weighted by atomic mass is 35.5. The predicted molar refractivity (Wildman–Crippen MR) is 64.7 cm³/mol. The molecule has 15 heavy (non-hydrogen) atoms. The molecule has 1 nitrogen and oxygen atoms in total. The summed E-state index contributed by atoms with van der Waals surface area (Å²) in [5.41, 5.74) is 1.41. The molecular formula is C12H9Cl2N. The first-order valence-electron chi connectivity index (χ1n) is 4.35. The minimum atomic E-state index is 0.200. The van der Waals surface area contributed by atoms with Gasteiger partial charge in [-0.2, -0.15) is 5.26 Å². The first-order chi connectivity index (χ1) is 7.27. The normalized spacial score (nSPS) is 12.3. The SMILES string of the molecule is N#C/C(=C\C=C(/Cl)c1ccccc1)CCl. The number of hydrogen-bond acceptors (Lipinski definition) is 1. The molecule has 0 atom stereocenters. The Bertz CT molecular complexity index is 413. The predicted octanol–water partition coefficient (Wildman–Crippen LogP) is 3.96. The lowest BCUT2D eigenvalue weighted by atomic mass is 10.2. The van der Waals surface area contributed by atoms with Crippen molar-refractivity contribution in [2.75, 3.05) is 5.88 Å². The molecule has 1 aromatic carbocycles. The highest BCUT2D eigenvalue weighted by Crippen LogP contribution is 2.18. The highest BCUT2D eigenvalue weighted by molar-refractivity contribution is 6.48. The molecule has 0 spiro atoms. The molecule has 1 rings (SSSR count). The van der Waals surface area contributed by atoms with Gasteiger partial charge in [0.1, 0.15) is 0 Å². The van der Waals surface area contributed by atoms with E-state index in [4.69, 9.17) is 28.5 Å². The van der Waals surface area contributed by atoms with Gasteiger partial charge in [0.2, 0.25) is 0 Å². The van der Waals surface area contributed by atoms with Crippen LogP contribution in [0.5, 0.6) is 0 Å². The lowest BCUT2D eigenvalue weighted by Gasteiger charge is -1.96. The van der Waals surface area contributed by atoms with Crippen molar-refractivity contribution in [3.8, 4) is 6.07 Å². The number of alkyl halides is 1. The summed E-state index contributed by atoms with van der Waals surface area (Å²) >= 11 is 11.6. The van der Waals surface area contributed by atoms with Crippen LogP contribution in [0.15, 0.2) is 48.1 Å². The fraction of sp³-hybridized carbons (Fsp3) is 0.0833. The van der Waals surface area contributed by atoms with E-state index in [9.17, 15) is 0 Å². The second-order valence-corrected chi connectivity index (χ2v) is 3.49. The van der Waals surface area contributed by atoms with Gasteiger partial charge in [0.25, 0.3) is 0 Å². The van der Waals surface area contributed by atoms with Crippen LogP contribution in [0.3, 0.4) is 0 Å². The van der Waals surface area contributed by atoms with E-state index in [0.29, 0.717) is 10.6 Å². The van der Waals surface area contributed by atoms with E-state index in [1.807, 2.05) is 36.4 Å². The number of rotatable bonds is 3. The molecule has 0 saturated heterocycles. The Labute approximate surface area is 99.2 Å². The molecule has 3 heteroatoms. The van der Waals surface area contributed by atoms with Crippen molar-refractivity contribution in [3.63, 3.8) is 0 Å². The van der Waals surface area contributed by atoms with Gasteiger partial charge in [0.15, 0.2) is 0 Å². The molecular weight excluding hydrogens is 229 g/mol. The van der Waals surface area contributed by atoms with Gasteiger partial charge in [-0.1, -0.05) is 41.9 Å². The van der Waals surface area contributed by atoms with Crippen LogP contribution in [0.25, 0.3) is 5.03 Å². The number of nitriles is 1. The minimum Gasteiger partial charge on any atom is -0.193 e. The van der Waals surface area contributed by atoms with E-state index in [1.165, 1.54) is 0 Å². The summed E-state index contributed by atoms with van der Waals surface area (Å²) in [5.74, 6) is 0.200. The third kappa shape index (κ3) is 3.79. The van der Waals surface area contributed by atoms with Crippen LogP contribution in [0.2, 0.25) is 0 Å². The van der Waals surface area contributed by atoms with Crippen molar-refractivity contribution in [2.24, 2.45) is 0 Å². The lowest BCUT2D eigenvalue weighted by Crippen LogP contribution is -1.79. The Kier molecular flexibility index (Phi) is 4.97. The molecule has 0 radical (unpaired) electrons. The average Bonchev–Trinajstić information content (AvgIpc) is 2.31. The highest BCUT2D eigenvalue weighted by Gasteiger charge is 1.95. The topological polar surface area (TPSA) is 23.8 Å². The van der Waals surface area contributed by atoms with E-state index in [2.05, 4.69) is 0 Å². The first-order valence-corrected chi connectivity index (χ1v) is 5.27. The fourth-order valence-electron chi connectivity index (χ4n) is 0.979. The molecule has 0 aromatic heterocycles. The Morgan fingerprint density at radius 1 is 1.27 bits per heavy atom. The van der Waals surface area contributed by atoms with Crippen molar-refractivity contribution in [1.82, 2.24) is 0 Å². The van der Waals surface area contributed by atoms with Gasteiger partial charge in [-0.25, -0.2) is 0 Å². The molecule has 0 aliphatic heterocycles. The molecule has 0 N–H and O–H groups in total. The second-order valence-electron chi connectivity index (χ2n) is 2.82. The standard InChI is InChI=1S/C12H9Cl2N/c13-8-10(9-15)6-7-12(14)11-4-2-1-3-5-11/h1-7H,8H2/b10-6-,12-7-. The van der Waals surface area contributed by atoms with Crippen molar-refractivity contribution in [2.45, 2.75) is 0 Å². The maximum absolute atomic E-state index is 8.63. The Morgan fingerprint density at radius 2 is 1.93 bits per heavy atom. The van der Waals surface area contributed by atoms with E-state index in [-0.39, 0.29) is 5.88 Å². The molecule has 0 unspecified atom stereocenters. The Morgan fingerprint density at radius 3 is 2.47 bits per heavy atom. The van der Waals surface area contributed by atoms with Gasteiger partial charge >= 0.3 is 0 Å².